The second kappa shape index (κ2) is 7.91. The molecule has 0 spiro atoms. The van der Waals surface area contributed by atoms with Crippen molar-refractivity contribution in [3.8, 4) is 11.5 Å². The zero-order valence-corrected chi connectivity index (χ0v) is 13.8. The average molecular weight is 346 g/mol. The van der Waals surface area contributed by atoms with Gasteiger partial charge in [-0.2, -0.15) is 0 Å². The first-order valence-electron chi connectivity index (χ1n) is 7.21. The van der Waals surface area contributed by atoms with Gasteiger partial charge in [-0.25, -0.2) is 9.59 Å². The van der Waals surface area contributed by atoms with Gasteiger partial charge in [0.25, 0.3) is 0 Å². The summed E-state index contributed by atoms with van der Waals surface area (Å²) >= 11 is 0. The van der Waals surface area contributed by atoms with Gasteiger partial charge in [-0.15, -0.1) is 0 Å². The number of ether oxygens (including phenoxy) is 4. The smallest absolute Gasteiger partial charge is 0.437 e. The Morgan fingerprint density at radius 2 is 1.20 bits per heavy atom. The third-order valence-corrected chi connectivity index (χ3v) is 3.28. The second-order valence-electron chi connectivity index (χ2n) is 5.03. The van der Waals surface area contributed by atoms with Gasteiger partial charge in [0.1, 0.15) is 0 Å². The Bertz CT molecular complexity index is 725. The molecule has 0 atom stereocenters. The van der Waals surface area contributed by atoms with E-state index in [-0.39, 0.29) is 11.5 Å². The van der Waals surface area contributed by atoms with Crippen molar-refractivity contribution in [3.05, 3.63) is 47.5 Å². The lowest BCUT2D eigenvalue weighted by molar-refractivity contribution is 0.120. The van der Waals surface area contributed by atoms with E-state index in [9.17, 15) is 9.59 Å². The van der Waals surface area contributed by atoms with Gasteiger partial charge >= 0.3 is 12.3 Å². The molecule has 2 aromatic carbocycles. The molecule has 8 heteroatoms. The number of hydrogen-bond acceptors (Lipinski definition) is 8. The van der Waals surface area contributed by atoms with E-state index in [0.717, 1.165) is 11.1 Å². The van der Waals surface area contributed by atoms with Crippen molar-refractivity contribution in [3.63, 3.8) is 0 Å². The summed E-state index contributed by atoms with van der Waals surface area (Å²) in [4.78, 5) is 22.5. The molecular weight excluding hydrogens is 328 g/mol. The summed E-state index contributed by atoms with van der Waals surface area (Å²) in [6, 6.07) is 10.1. The van der Waals surface area contributed by atoms with Gasteiger partial charge in [0, 0.05) is 0 Å². The van der Waals surface area contributed by atoms with Crippen LogP contribution in [0.1, 0.15) is 11.1 Å². The van der Waals surface area contributed by atoms with Gasteiger partial charge in [0.15, 0.2) is 11.5 Å². The van der Waals surface area contributed by atoms with Crippen molar-refractivity contribution in [2.24, 2.45) is 0 Å². The normalized spacial score (nSPS) is 10.0. The van der Waals surface area contributed by atoms with E-state index in [4.69, 9.17) is 20.9 Å². The average Bonchev–Trinajstić information content (AvgIpc) is 2.60. The second-order valence-corrected chi connectivity index (χ2v) is 5.03. The van der Waals surface area contributed by atoms with Crippen LogP contribution in [-0.2, 0) is 15.9 Å². The van der Waals surface area contributed by atoms with Crippen molar-refractivity contribution in [1.29, 1.82) is 0 Å². The van der Waals surface area contributed by atoms with Crippen molar-refractivity contribution in [2.75, 3.05) is 25.7 Å². The Hall–Kier alpha value is -3.42. The van der Waals surface area contributed by atoms with Gasteiger partial charge in [-0.1, -0.05) is 12.1 Å². The molecule has 2 rings (SSSR count). The molecule has 0 saturated carbocycles. The first kappa shape index (κ1) is 17.9. The van der Waals surface area contributed by atoms with Crippen LogP contribution < -0.4 is 20.9 Å². The molecule has 0 radical (unpaired) electrons. The van der Waals surface area contributed by atoms with Crippen LogP contribution >= 0.6 is 0 Å². The number of nitrogens with two attached hydrogens (primary N) is 2. The van der Waals surface area contributed by atoms with Crippen LogP contribution in [0.25, 0.3) is 0 Å². The number of methoxy groups -OCH3 is 2. The molecular formula is C17H18N2O6. The van der Waals surface area contributed by atoms with Crippen LogP contribution in [0.3, 0.4) is 0 Å². The quantitative estimate of drug-likeness (QED) is 0.492. The minimum atomic E-state index is -0.856. The van der Waals surface area contributed by atoms with E-state index in [2.05, 4.69) is 9.47 Å². The number of hydrogen-bond donors (Lipinski definition) is 2. The van der Waals surface area contributed by atoms with Crippen LogP contribution in [0.4, 0.5) is 21.0 Å². The molecule has 25 heavy (non-hydrogen) atoms. The van der Waals surface area contributed by atoms with E-state index < -0.39 is 12.3 Å². The van der Waals surface area contributed by atoms with Gasteiger partial charge < -0.3 is 30.4 Å². The first-order chi connectivity index (χ1) is 11.9. The highest BCUT2D eigenvalue weighted by atomic mass is 16.7. The van der Waals surface area contributed by atoms with Gasteiger partial charge in [0.05, 0.1) is 25.6 Å². The van der Waals surface area contributed by atoms with Gasteiger partial charge in [-0.05, 0) is 41.8 Å². The molecule has 132 valence electrons. The van der Waals surface area contributed by atoms with E-state index in [1.807, 2.05) is 0 Å². The fourth-order valence-electron chi connectivity index (χ4n) is 2.05. The Kier molecular flexibility index (Phi) is 5.67. The summed E-state index contributed by atoms with van der Waals surface area (Å²) in [7, 11) is 2.42. The molecule has 0 unspecified atom stereocenters. The summed E-state index contributed by atoms with van der Waals surface area (Å²) in [5, 5.41) is 0. The molecule has 0 amide bonds. The van der Waals surface area contributed by atoms with E-state index in [1.165, 1.54) is 14.2 Å². The molecule has 0 aliphatic rings. The minimum absolute atomic E-state index is 0.200. The molecule has 2 aromatic rings. The SMILES string of the molecule is COC(=O)Oc1cc(Cc2ccc(N)c(OC(=O)OC)c2)ccc1N. The number of carbonyl (C=O) groups is 2. The third kappa shape index (κ3) is 4.77. The lowest BCUT2D eigenvalue weighted by Gasteiger charge is -2.10. The monoisotopic (exact) mass is 346 g/mol. The molecule has 0 aromatic heterocycles. The zero-order chi connectivity index (χ0) is 18.4. The van der Waals surface area contributed by atoms with E-state index in [1.54, 1.807) is 36.4 Å². The Morgan fingerprint density at radius 3 is 1.56 bits per heavy atom. The topological polar surface area (TPSA) is 123 Å². The highest BCUT2D eigenvalue weighted by molar-refractivity contribution is 5.69. The van der Waals surface area contributed by atoms with Gasteiger partial charge in [0.2, 0.25) is 0 Å². The van der Waals surface area contributed by atoms with Gasteiger partial charge in [-0.3, -0.25) is 0 Å². The van der Waals surface area contributed by atoms with Crippen molar-refractivity contribution >= 4 is 23.7 Å². The van der Waals surface area contributed by atoms with E-state index in [0.29, 0.717) is 17.8 Å². The summed E-state index contributed by atoms with van der Waals surface area (Å²) < 4.78 is 18.9. The third-order valence-electron chi connectivity index (χ3n) is 3.28. The Balaban J connectivity index is 2.21. The molecule has 0 bridgehead atoms. The minimum Gasteiger partial charge on any atom is -0.437 e. The molecule has 4 N–H and O–H groups in total. The summed E-state index contributed by atoms with van der Waals surface area (Å²) in [6.45, 7) is 0. The maximum absolute atomic E-state index is 11.2. The largest absolute Gasteiger partial charge is 0.513 e. The lowest BCUT2D eigenvalue weighted by atomic mass is 10.0. The highest BCUT2D eigenvalue weighted by Gasteiger charge is 2.11. The number of anilines is 2. The molecule has 0 aliphatic carbocycles. The van der Waals surface area contributed by atoms with Crippen LogP contribution in [0, 0.1) is 0 Å². The molecule has 8 nitrogen and oxygen atoms in total. The van der Waals surface area contributed by atoms with Crippen molar-refractivity contribution in [1.82, 2.24) is 0 Å². The fourth-order valence-corrected chi connectivity index (χ4v) is 2.05. The predicted octanol–water partition coefficient (Wildman–Crippen LogP) is 2.73. The van der Waals surface area contributed by atoms with Crippen LogP contribution in [0.2, 0.25) is 0 Å². The number of benzene rings is 2. The maximum atomic E-state index is 11.2. The molecule has 0 saturated heterocycles. The number of carbonyl (C=O) groups excluding carboxylic acids is 2. The molecule has 0 heterocycles. The van der Waals surface area contributed by atoms with Crippen molar-refractivity contribution in [2.45, 2.75) is 6.42 Å². The Morgan fingerprint density at radius 1 is 0.800 bits per heavy atom. The Labute approximate surface area is 144 Å². The molecule has 0 fully saturated rings. The lowest BCUT2D eigenvalue weighted by Crippen LogP contribution is -2.09. The van der Waals surface area contributed by atoms with E-state index >= 15 is 0 Å². The highest BCUT2D eigenvalue weighted by Crippen LogP contribution is 2.27. The first-order valence-corrected chi connectivity index (χ1v) is 7.21. The van der Waals surface area contributed by atoms with Crippen LogP contribution in [0.5, 0.6) is 11.5 Å². The molecule has 0 aliphatic heterocycles. The number of nitrogen functional groups attached to an aromatic ring is 2. The standard InChI is InChI=1S/C17H18N2O6/c1-22-16(20)24-14-8-10(3-5-12(14)18)7-11-4-6-13(19)15(9-11)25-17(21)23-2/h3-6,8-9H,7,18-19H2,1-2H3. The summed E-state index contributed by atoms with van der Waals surface area (Å²) in [6.07, 6.45) is -1.24. The van der Waals surface area contributed by atoms with Crippen LogP contribution in [0.15, 0.2) is 36.4 Å². The predicted molar refractivity (Wildman–Crippen MR) is 90.6 cm³/mol. The maximum Gasteiger partial charge on any atom is 0.513 e. The zero-order valence-electron chi connectivity index (χ0n) is 13.8. The van der Waals surface area contributed by atoms with Crippen LogP contribution in [-0.4, -0.2) is 26.5 Å². The number of rotatable bonds is 4. The summed E-state index contributed by atoms with van der Waals surface area (Å²) in [5.74, 6) is 0.400. The van der Waals surface area contributed by atoms with Crippen molar-refractivity contribution < 1.29 is 28.5 Å². The summed E-state index contributed by atoms with van der Waals surface area (Å²) in [5.41, 5.74) is 13.8. The fraction of sp³-hybridized carbons (Fsp3) is 0.176.